The summed E-state index contributed by atoms with van der Waals surface area (Å²) in [6.45, 7) is 11.2. The number of carbonyl (C=O) groups excluding carboxylic acids is 1. The molecule has 0 aromatic heterocycles. The SMILES string of the molecule is CC1(C)C(=O)CCC2(C)C1CCC1(C)C2CC(O)C2C=CC(O)C21C. The lowest BCUT2D eigenvalue weighted by Gasteiger charge is -2.69. The average Bonchev–Trinajstić information content (AvgIpc) is 2.84. The van der Waals surface area contributed by atoms with Crippen molar-refractivity contribution in [2.75, 3.05) is 0 Å². The standard InChI is InChI=1S/C22H34O3/c1-19(2)15-8-11-21(4)16(20(15,3)10-9-17(19)24)12-14(23)13-6-7-18(25)22(13,21)5/h6-7,13-16,18,23,25H,8-12H2,1-5H3. The van der Waals surface area contributed by atoms with Crippen LogP contribution in [0.1, 0.15) is 66.7 Å². The van der Waals surface area contributed by atoms with E-state index in [9.17, 15) is 15.0 Å². The Bertz CT molecular complexity index is 637. The van der Waals surface area contributed by atoms with Crippen LogP contribution in [0.25, 0.3) is 0 Å². The molecular weight excluding hydrogens is 312 g/mol. The van der Waals surface area contributed by atoms with E-state index in [1.165, 1.54) is 0 Å². The Hall–Kier alpha value is -0.670. The highest BCUT2D eigenvalue weighted by molar-refractivity contribution is 5.85. The van der Waals surface area contributed by atoms with E-state index < -0.39 is 12.2 Å². The number of rotatable bonds is 0. The molecule has 0 bridgehead atoms. The highest BCUT2D eigenvalue weighted by Gasteiger charge is 2.70. The van der Waals surface area contributed by atoms with E-state index in [0.717, 1.165) is 25.7 Å². The summed E-state index contributed by atoms with van der Waals surface area (Å²) in [5.74, 6) is 1.17. The number of Topliss-reactive ketones (excluding diaryl/α,β-unsaturated/α-hetero) is 1. The number of ketones is 1. The number of hydrogen-bond donors (Lipinski definition) is 2. The summed E-state index contributed by atoms with van der Waals surface area (Å²) in [4.78, 5) is 12.6. The summed E-state index contributed by atoms with van der Waals surface area (Å²) >= 11 is 0. The van der Waals surface area contributed by atoms with E-state index in [1.807, 2.05) is 6.08 Å². The van der Waals surface area contributed by atoms with Gasteiger partial charge in [0.05, 0.1) is 12.2 Å². The molecule has 0 radical (unpaired) electrons. The van der Waals surface area contributed by atoms with Crippen molar-refractivity contribution in [1.82, 2.24) is 0 Å². The maximum Gasteiger partial charge on any atom is 0.138 e. The fraction of sp³-hybridized carbons (Fsp3) is 0.864. The topological polar surface area (TPSA) is 57.5 Å². The highest BCUT2D eigenvalue weighted by atomic mass is 16.3. The van der Waals surface area contributed by atoms with Gasteiger partial charge in [0.25, 0.3) is 0 Å². The van der Waals surface area contributed by atoms with Crippen LogP contribution in [0.2, 0.25) is 0 Å². The third-order valence-electron chi connectivity index (χ3n) is 9.72. The first-order valence-electron chi connectivity index (χ1n) is 10.1. The fourth-order valence-corrected chi connectivity index (χ4v) is 7.98. The molecule has 3 heteroatoms. The van der Waals surface area contributed by atoms with E-state index in [-0.39, 0.29) is 27.6 Å². The van der Waals surface area contributed by atoms with Gasteiger partial charge in [-0.05, 0) is 48.3 Å². The molecule has 0 aliphatic heterocycles. The van der Waals surface area contributed by atoms with Gasteiger partial charge in [-0.1, -0.05) is 46.8 Å². The average molecular weight is 347 g/mol. The molecule has 8 atom stereocenters. The monoisotopic (exact) mass is 346 g/mol. The summed E-state index contributed by atoms with van der Waals surface area (Å²) in [7, 11) is 0. The van der Waals surface area contributed by atoms with Gasteiger partial charge < -0.3 is 10.2 Å². The molecule has 0 spiro atoms. The largest absolute Gasteiger partial charge is 0.392 e. The highest BCUT2D eigenvalue weighted by Crippen LogP contribution is 2.73. The van der Waals surface area contributed by atoms with Crippen molar-refractivity contribution < 1.29 is 15.0 Å². The summed E-state index contributed by atoms with van der Waals surface area (Å²) in [6, 6.07) is 0. The fourth-order valence-electron chi connectivity index (χ4n) is 7.98. The number of aliphatic hydroxyl groups is 2. The maximum atomic E-state index is 12.6. The van der Waals surface area contributed by atoms with Gasteiger partial charge in [-0.25, -0.2) is 0 Å². The molecule has 3 fully saturated rings. The van der Waals surface area contributed by atoms with E-state index in [4.69, 9.17) is 0 Å². The van der Waals surface area contributed by atoms with Crippen LogP contribution in [0.4, 0.5) is 0 Å². The smallest absolute Gasteiger partial charge is 0.138 e. The lowest BCUT2D eigenvalue weighted by Crippen LogP contribution is -2.67. The van der Waals surface area contributed by atoms with Crippen molar-refractivity contribution in [3.8, 4) is 0 Å². The number of carbonyl (C=O) groups is 1. The van der Waals surface area contributed by atoms with Crippen LogP contribution in [0.3, 0.4) is 0 Å². The van der Waals surface area contributed by atoms with Crippen molar-refractivity contribution in [2.45, 2.75) is 78.9 Å². The molecule has 25 heavy (non-hydrogen) atoms. The zero-order chi connectivity index (χ0) is 18.4. The molecule has 140 valence electrons. The molecule has 4 rings (SSSR count). The molecule has 3 saturated carbocycles. The maximum absolute atomic E-state index is 12.6. The minimum atomic E-state index is -0.488. The van der Waals surface area contributed by atoms with Crippen molar-refractivity contribution in [3.05, 3.63) is 12.2 Å². The van der Waals surface area contributed by atoms with Crippen LogP contribution in [-0.4, -0.2) is 28.2 Å². The first-order chi connectivity index (χ1) is 11.5. The number of aliphatic hydroxyl groups excluding tert-OH is 2. The Morgan fingerprint density at radius 3 is 2.36 bits per heavy atom. The van der Waals surface area contributed by atoms with E-state index >= 15 is 0 Å². The Morgan fingerprint density at radius 2 is 1.68 bits per heavy atom. The first kappa shape index (κ1) is 17.7. The van der Waals surface area contributed by atoms with Crippen LogP contribution in [-0.2, 0) is 4.79 Å². The lowest BCUT2D eigenvalue weighted by molar-refractivity contribution is -0.235. The van der Waals surface area contributed by atoms with Crippen LogP contribution >= 0.6 is 0 Å². The quantitative estimate of drug-likeness (QED) is 0.657. The summed E-state index contributed by atoms with van der Waals surface area (Å²) < 4.78 is 0. The van der Waals surface area contributed by atoms with Crippen LogP contribution in [0.5, 0.6) is 0 Å². The first-order valence-corrected chi connectivity index (χ1v) is 10.1. The zero-order valence-corrected chi connectivity index (χ0v) is 16.4. The van der Waals surface area contributed by atoms with Crippen molar-refractivity contribution in [1.29, 1.82) is 0 Å². The lowest BCUT2D eigenvalue weighted by atomic mass is 9.35. The third kappa shape index (κ3) is 1.87. The zero-order valence-electron chi connectivity index (χ0n) is 16.4. The van der Waals surface area contributed by atoms with Gasteiger partial charge in [0, 0.05) is 23.2 Å². The van der Waals surface area contributed by atoms with Gasteiger partial charge in [-0.3, -0.25) is 4.79 Å². The van der Waals surface area contributed by atoms with Gasteiger partial charge in [0.1, 0.15) is 5.78 Å². The summed E-state index contributed by atoms with van der Waals surface area (Å²) in [6.07, 6.45) is 7.54. The van der Waals surface area contributed by atoms with Crippen LogP contribution in [0, 0.1) is 39.4 Å². The Labute approximate surface area is 151 Å². The summed E-state index contributed by atoms with van der Waals surface area (Å²) in [5, 5.41) is 21.9. The Kier molecular flexibility index (Phi) is 3.53. The molecule has 0 aromatic carbocycles. The molecule has 4 aliphatic rings. The molecule has 3 nitrogen and oxygen atoms in total. The van der Waals surface area contributed by atoms with Crippen molar-refractivity contribution in [3.63, 3.8) is 0 Å². The Morgan fingerprint density at radius 1 is 1.00 bits per heavy atom. The molecule has 0 saturated heterocycles. The summed E-state index contributed by atoms with van der Waals surface area (Å²) in [5.41, 5.74) is -0.540. The predicted octanol–water partition coefficient (Wildman–Crippen LogP) is 3.73. The molecular formula is C22H34O3. The van der Waals surface area contributed by atoms with E-state index in [2.05, 4.69) is 40.7 Å². The van der Waals surface area contributed by atoms with E-state index in [0.29, 0.717) is 24.0 Å². The third-order valence-corrected chi connectivity index (χ3v) is 9.72. The number of fused-ring (bicyclic) bond motifs is 5. The second kappa shape index (κ2) is 4.98. The van der Waals surface area contributed by atoms with Crippen LogP contribution in [0.15, 0.2) is 12.2 Å². The molecule has 0 heterocycles. The minimum Gasteiger partial charge on any atom is -0.392 e. The predicted molar refractivity (Wildman–Crippen MR) is 97.8 cm³/mol. The second-order valence-electron chi connectivity index (χ2n) is 10.7. The van der Waals surface area contributed by atoms with Crippen LogP contribution < -0.4 is 0 Å². The van der Waals surface area contributed by atoms with Crippen molar-refractivity contribution >= 4 is 5.78 Å². The second-order valence-corrected chi connectivity index (χ2v) is 10.7. The molecule has 8 unspecified atom stereocenters. The normalized spacial score (nSPS) is 56.9. The van der Waals surface area contributed by atoms with Crippen molar-refractivity contribution in [2.24, 2.45) is 39.4 Å². The Balaban J connectivity index is 1.82. The van der Waals surface area contributed by atoms with Gasteiger partial charge in [-0.2, -0.15) is 0 Å². The molecule has 4 aliphatic carbocycles. The van der Waals surface area contributed by atoms with Gasteiger partial charge in [0.15, 0.2) is 0 Å². The van der Waals surface area contributed by atoms with Gasteiger partial charge >= 0.3 is 0 Å². The molecule has 0 aromatic rings. The molecule has 0 amide bonds. The van der Waals surface area contributed by atoms with E-state index in [1.54, 1.807) is 0 Å². The minimum absolute atomic E-state index is 0.0124. The van der Waals surface area contributed by atoms with Gasteiger partial charge in [0.2, 0.25) is 0 Å². The number of hydrogen-bond acceptors (Lipinski definition) is 3. The van der Waals surface area contributed by atoms with Gasteiger partial charge in [-0.15, -0.1) is 0 Å². The molecule has 2 N–H and O–H groups in total.